The van der Waals surface area contributed by atoms with E-state index in [9.17, 15) is 23.9 Å². The molecule has 0 aliphatic carbocycles. The lowest BCUT2D eigenvalue weighted by molar-refractivity contribution is -0.188. The van der Waals surface area contributed by atoms with Gasteiger partial charge in [0.25, 0.3) is 5.56 Å². The predicted octanol–water partition coefficient (Wildman–Crippen LogP) is 3.76. The summed E-state index contributed by atoms with van der Waals surface area (Å²) in [6.07, 6.45) is 1.55. The average molecular weight is 490 g/mol. The lowest BCUT2D eigenvalue weighted by atomic mass is 9.85. The fourth-order valence-corrected chi connectivity index (χ4v) is 5.19. The van der Waals surface area contributed by atoms with E-state index in [-0.39, 0.29) is 36.2 Å². The molecule has 0 radical (unpaired) electrons. The first-order valence-electron chi connectivity index (χ1n) is 11.3. The number of hydrogen-bond acceptors (Lipinski definition) is 8. The van der Waals surface area contributed by atoms with Crippen LogP contribution in [0.15, 0.2) is 45.8 Å². The van der Waals surface area contributed by atoms with Gasteiger partial charge in [0.15, 0.2) is 11.6 Å². The molecule has 182 valence electrons. The van der Waals surface area contributed by atoms with Gasteiger partial charge in [-0.1, -0.05) is 6.92 Å². The first kappa shape index (κ1) is 22.0. The summed E-state index contributed by atoms with van der Waals surface area (Å²) in [5.74, 6) is -2.37. The number of benzene rings is 1. The summed E-state index contributed by atoms with van der Waals surface area (Å²) in [6.45, 7) is 2.70. The van der Waals surface area contributed by atoms with Crippen LogP contribution in [0, 0.1) is 5.82 Å². The molecule has 1 N–H and O–H groups in total. The summed E-state index contributed by atoms with van der Waals surface area (Å²) >= 11 is 0. The minimum Gasteiger partial charge on any atom is -0.505 e. The number of carbonyl (C=O) groups is 2. The van der Waals surface area contributed by atoms with Crippen LogP contribution in [0.4, 0.5) is 4.39 Å². The van der Waals surface area contributed by atoms with Gasteiger partial charge in [-0.25, -0.2) is 14.2 Å². The fraction of sp³-hybridized carbons (Fsp3) is 0.231. The molecular weight excluding hydrogens is 471 g/mol. The van der Waals surface area contributed by atoms with E-state index in [0.717, 1.165) is 6.07 Å². The third kappa shape index (κ3) is 2.87. The Morgan fingerprint density at radius 2 is 2.08 bits per heavy atom. The zero-order valence-electron chi connectivity index (χ0n) is 19.3. The quantitative estimate of drug-likeness (QED) is 0.380. The highest BCUT2D eigenvalue weighted by atomic mass is 19.1. The Morgan fingerprint density at radius 3 is 2.78 bits per heavy atom. The number of phenols is 1. The Balaban J connectivity index is 1.69. The monoisotopic (exact) mass is 490 g/mol. The summed E-state index contributed by atoms with van der Waals surface area (Å²) < 4.78 is 32.2. The van der Waals surface area contributed by atoms with E-state index in [1.807, 2.05) is 0 Å². The Labute approximate surface area is 202 Å². The zero-order chi connectivity index (χ0) is 25.4. The molecule has 9 nitrogen and oxygen atoms in total. The lowest BCUT2D eigenvalue weighted by Crippen LogP contribution is -2.47. The topological polar surface area (TPSA) is 121 Å². The zero-order valence-corrected chi connectivity index (χ0v) is 19.3. The maximum Gasteiger partial charge on any atom is 0.355 e. The Kier molecular flexibility index (Phi) is 4.60. The van der Waals surface area contributed by atoms with Crippen molar-refractivity contribution in [2.24, 2.45) is 0 Å². The minimum atomic E-state index is -1.77. The molecule has 0 fully saturated rings. The average Bonchev–Trinajstić information content (AvgIpc) is 3.49. The van der Waals surface area contributed by atoms with Crippen LogP contribution in [0.25, 0.3) is 33.6 Å². The molecule has 2 aliphatic rings. The van der Waals surface area contributed by atoms with Crippen molar-refractivity contribution in [1.29, 1.82) is 0 Å². The van der Waals surface area contributed by atoms with E-state index < -0.39 is 34.7 Å². The van der Waals surface area contributed by atoms with Gasteiger partial charge in [-0.3, -0.25) is 9.59 Å². The van der Waals surface area contributed by atoms with Crippen LogP contribution in [-0.4, -0.2) is 26.6 Å². The van der Waals surface area contributed by atoms with Gasteiger partial charge in [0.2, 0.25) is 5.60 Å². The molecule has 0 bridgehead atoms. The second kappa shape index (κ2) is 7.51. The SMILES string of the molecule is CC[C@@]1(OC(C)=O)C(=O)OCc2c1cc1n(c2=O)Cc2c-1nc1cc(F)c(O)cc1c2-c1ccco1. The molecule has 0 saturated heterocycles. The van der Waals surface area contributed by atoms with Crippen molar-refractivity contribution in [2.75, 3.05) is 0 Å². The number of esters is 2. The lowest BCUT2D eigenvalue weighted by Gasteiger charge is -2.35. The molecule has 3 aromatic heterocycles. The van der Waals surface area contributed by atoms with Gasteiger partial charge >= 0.3 is 11.9 Å². The van der Waals surface area contributed by atoms with E-state index in [1.165, 1.54) is 23.8 Å². The number of halogens is 1. The molecule has 0 saturated carbocycles. The molecule has 4 aromatic rings. The number of carbonyl (C=O) groups excluding carboxylic acids is 2. The van der Waals surface area contributed by atoms with Crippen molar-refractivity contribution in [2.45, 2.75) is 39.0 Å². The summed E-state index contributed by atoms with van der Waals surface area (Å²) in [6, 6.07) is 7.44. The number of cyclic esters (lactones) is 1. The van der Waals surface area contributed by atoms with E-state index >= 15 is 0 Å². The molecule has 0 spiro atoms. The van der Waals surface area contributed by atoms with Crippen molar-refractivity contribution in [3.63, 3.8) is 0 Å². The smallest absolute Gasteiger partial charge is 0.355 e. The number of fused-ring (bicyclic) bond motifs is 5. The Morgan fingerprint density at radius 1 is 1.28 bits per heavy atom. The van der Waals surface area contributed by atoms with Gasteiger partial charge in [-0.2, -0.15) is 0 Å². The van der Waals surface area contributed by atoms with E-state index in [1.54, 1.807) is 25.1 Å². The molecule has 6 rings (SSSR count). The first-order chi connectivity index (χ1) is 17.2. The maximum atomic E-state index is 14.3. The van der Waals surface area contributed by atoms with Crippen LogP contribution < -0.4 is 5.56 Å². The Bertz CT molecular complexity index is 1670. The van der Waals surface area contributed by atoms with Crippen molar-refractivity contribution in [1.82, 2.24) is 9.55 Å². The van der Waals surface area contributed by atoms with Crippen LogP contribution in [0.5, 0.6) is 5.75 Å². The largest absolute Gasteiger partial charge is 0.505 e. The van der Waals surface area contributed by atoms with Crippen molar-refractivity contribution in [3.8, 4) is 28.5 Å². The number of pyridine rings is 2. The van der Waals surface area contributed by atoms with Crippen molar-refractivity contribution in [3.05, 3.63) is 69.5 Å². The number of phenolic OH excluding ortho intramolecular Hbond substituents is 1. The third-order valence-corrected chi connectivity index (χ3v) is 6.81. The molecule has 0 unspecified atom stereocenters. The molecule has 1 atom stereocenters. The summed E-state index contributed by atoms with van der Waals surface area (Å²) in [5.41, 5.74) is 0.491. The van der Waals surface area contributed by atoms with Gasteiger partial charge in [-0.15, -0.1) is 0 Å². The predicted molar refractivity (Wildman–Crippen MR) is 123 cm³/mol. The second-order valence-corrected chi connectivity index (χ2v) is 8.78. The molecule has 36 heavy (non-hydrogen) atoms. The van der Waals surface area contributed by atoms with Crippen molar-refractivity contribution >= 4 is 22.8 Å². The first-order valence-corrected chi connectivity index (χ1v) is 11.3. The maximum absolute atomic E-state index is 14.3. The summed E-state index contributed by atoms with van der Waals surface area (Å²) in [5, 5.41) is 10.5. The van der Waals surface area contributed by atoms with Gasteiger partial charge in [0.1, 0.15) is 12.4 Å². The number of aromatic hydroxyl groups is 1. The highest BCUT2D eigenvalue weighted by Crippen LogP contribution is 2.45. The fourth-order valence-electron chi connectivity index (χ4n) is 5.19. The van der Waals surface area contributed by atoms with Gasteiger partial charge in [0, 0.05) is 35.1 Å². The molecule has 1 aromatic carbocycles. The van der Waals surface area contributed by atoms with Gasteiger partial charge < -0.3 is 23.6 Å². The highest BCUT2D eigenvalue weighted by Gasteiger charge is 2.50. The number of hydrogen-bond donors (Lipinski definition) is 1. The number of ether oxygens (including phenoxy) is 2. The minimum absolute atomic E-state index is 0.0570. The second-order valence-electron chi connectivity index (χ2n) is 8.78. The van der Waals surface area contributed by atoms with Gasteiger partial charge in [0.05, 0.1) is 35.3 Å². The van der Waals surface area contributed by atoms with Crippen LogP contribution >= 0.6 is 0 Å². The van der Waals surface area contributed by atoms with Crippen LogP contribution in [0.2, 0.25) is 0 Å². The normalized spacial score (nSPS) is 17.9. The molecule has 2 aliphatic heterocycles. The molecule has 10 heteroatoms. The van der Waals surface area contributed by atoms with Gasteiger partial charge in [-0.05, 0) is 30.7 Å². The van der Waals surface area contributed by atoms with Crippen LogP contribution in [0.1, 0.15) is 37.0 Å². The summed E-state index contributed by atoms with van der Waals surface area (Å²) in [4.78, 5) is 43.1. The van der Waals surface area contributed by atoms with E-state index in [0.29, 0.717) is 33.7 Å². The highest BCUT2D eigenvalue weighted by molar-refractivity contribution is 5.99. The summed E-state index contributed by atoms with van der Waals surface area (Å²) in [7, 11) is 0. The molecule has 5 heterocycles. The van der Waals surface area contributed by atoms with Crippen LogP contribution in [0.3, 0.4) is 0 Å². The van der Waals surface area contributed by atoms with Crippen LogP contribution in [-0.2, 0) is 37.8 Å². The Hall–Kier alpha value is -4.47. The number of aromatic nitrogens is 2. The number of nitrogens with zero attached hydrogens (tertiary/aromatic N) is 2. The number of furan rings is 1. The van der Waals surface area contributed by atoms with E-state index in [2.05, 4.69) is 4.98 Å². The van der Waals surface area contributed by atoms with E-state index in [4.69, 9.17) is 13.9 Å². The van der Waals surface area contributed by atoms with Crippen molar-refractivity contribution < 1.29 is 33.0 Å². The molecule has 0 amide bonds. The standard InChI is InChI=1S/C26H19FN2O7/c1-3-26(36-12(2)30)16-8-19-23-14(10-29(19)24(32)15(16)11-35-25(26)33)22(21-5-4-6-34-21)13-7-20(31)17(27)9-18(13)28-23/h4-9,31H,3,10-11H2,1-2H3/t26-/m0/s1. The number of rotatable bonds is 3. The third-order valence-electron chi connectivity index (χ3n) is 6.81. The molecular formula is C26H19FN2O7.